The molecule has 0 bridgehead atoms. The largest absolute Gasteiger partial charge is 0.367 e. The van der Waals surface area contributed by atoms with Gasteiger partial charge in [-0.25, -0.2) is 15.0 Å². The second kappa shape index (κ2) is 13.2. The maximum absolute atomic E-state index is 12.3. The van der Waals surface area contributed by atoms with Crippen molar-refractivity contribution < 1.29 is 0 Å². The van der Waals surface area contributed by atoms with E-state index >= 15 is 0 Å². The van der Waals surface area contributed by atoms with E-state index in [0.29, 0.717) is 11.9 Å². The Bertz CT molecular complexity index is 1750. The summed E-state index contributed by atoms with van der Waals surface area (Å²) in [5.41, 5.74) is 6.83. The van der Waals surface area contributed by atoms with Crippen LogP contribution in [0.4, 0.5) is 5.82 Å². The normalized spacial score (nSPS) is 13.7. The number of anilines is 1. The molecule has 1 aliphatic rings. The summed E-state index contributed by atoms with van der Waals surface area (Å²) in [6, 6.07) is 28.4. The minimum Gasteiger partial charge on any atom is -0.367 e. The molecular weight excluding hydrogens is 522 g/mol. The highest BCUT2D eigenvalue weighted by Gasteiger charge is 2.20. The number of aromatic nitrogens is 4. The van der Waals surface area contributed by atoms with Crippen molar-refractivity contribution >= 4 is 16.9 Å². The zero-order valence-corrected chi connectivity index (χ0v) is 24.3. The molecule has 1 aliphatic heterocycles. The van der Waals surface area contributed by atoms with Crippen LogP contribution in [0, 0.1) is 11.3 Å². The molecule has 42 heavy (non-hydrogen) atoms. The van der Waals surface area contributed by atoms with Gasteiger partial charge in [0.1, 0.15) is 11.9 Å². The van der Waals surface area contributed by atoms with Crippen molar-refractivity contribution in [2.75, 3.05) is 18.4 Å². The summed E-state index contributed by atoms with van der Waals surface area (Å²) in [4.78, 5) is 27.9. The van der Waals surface area contributed by atoms with Gasteiger partial charge in [-0.3, -0.25) is 9.69 Å². The van der Waals surface area contributed by atoms with Gasteiger partial charge < -0.3 is 9.88 Å². The number of aryl methyl sites for hydroxylation is 1. The molecule has 1 N–H and O–H groups in total. The van der Waals surface area contributed by atoms with Gasteiger partial charge in [-0.15, -0.1) is 0 Å². The first-order valence-electron chi connectivity index (χ1n) is 14.4. The lowest BCUT2D eigenvalue weighted by atomic mass is 9.97. The fourth-order valence-corrected chi connectivity index (χ4v) is 5.31. The van der Waals surface area contributed by atoms with E-state index in [-0.39, 0.29) is 11.4 Å². The molecule has 8 nitrogen and oxygen atoms in total. The molecule has 0 amide bonds. The number of likely N-dealkylation sites (tertiary alicyclic amines) is 1. The van der Waals surface area contributed by atoms with Crippen molar-refractivity contribution in [2.45, 2.75) is 39.3 Å². The summed E-state index contributed by atoms with van der Waals surface area (Å²) in [6.45, 7) is 6.86. The second-order valence-electron chi connectivity index (χ2n) is 10.2. The van der Waals surface area contributed by atoms with E-state index in [1.165, 1.54) is 5.56 Å². The molecule has 1 saturated heterocycles. The molecule has 5 aromatic rings. The van der Waals surface area contributed by atoms with E-state index < -0.39 is 0 Å². The second-order valence-corrected chi connectivity index (χ2v) is 10.2. The highest BCUT2D eigenvalue weighted by molar-refractivity contribution is 5.90. The average molecular weight is 558 g/mol. The number of benzene rings is 2. The Labute approximate surface area is 246 Å². The van der Waals surface area contributed by atoms with Crippen molar-refractivity contribution in [3.05, 3.63) is 107 Å². The summed E-state index contributed by atoms with van der Waals surface area (Å²) in [5.74, 6) is 0.895. The molecular formula is C34H35N7O. The van der Waals surface area contributed by atoms with Crippen molar-refractivity contribution in [1.82, 2.24) is 24.4 Å². The molecule has 2 aromatic carbocycles. The van der Waals surface area contributed by atoms with E-state index in [1.54, 1.807) is 29.9 Å². The van der Waals surface area contributed by atoms with Crippen LogP contribution in [0.25, 0.3) is 33.4 Å². The molecule has 0 unspecified atom stereocenters. The summed E-state index contributed by atoms with van der Waals surface area (Å²) in [7, 11) is 1.79. The zero-order valence-electron chi connectivity index (χ0n) is 24.3. The van der Waals surface area contributed by atoms with Gasteiger partial charge in [0, 0.05) is 56.1 Å². The van der Waals surface area contributed by atoms with Gasteiger partial charge in [0.15, 0.2) is 0 Å². The van der Waals surface area contributed by atoms with Crippen molar-refractivity contribution in [1.29, 1.82) is 5.26 Å². The molecule has 4 heterocycles. The predicted molar refractivity (Wildman–Crippen MR) is 168 cm³/mol. The van der Waals surface area contributed by atoms with Gasteiger partial charge in [0.2, 0.25) is 5.82 Å². The first-order valence-corrected chi connectivity index (χ1v) is 14.4. The van der Waals surface area contributed by atoms with Crippen LogP contribution in [-0.2, 0) is 13.6 Å². The van der Waals surface area contributed by atoms with E-state index in [0.717, 1.165) is 65.9 Å². The monoisotopic (exact) mass is 557 g/mol. The van der Waals surface area contributed by atoms with Crippen LogP contribution in [0.1, 0.15) is 38.1 Å². The van der Waals surface area contributed by atoms with E-state index in [4.69, 9.17) is 10.2 Å². The molecule has 3 aromatic heterocycles. The Hall–Kier alpha value is -4.87. The number of hydrogen-bond acceptors (Lipinski definition) is 7. The Balaban J connectivity index is 0.00000173. The smallest absolute Gasteiger partial charge is 0.250 e. The Morgan fingerprint density at radius 1 is 0.929 bits per heavy atom. The molecule has 0 radical (unpaired) electrons. The number of pyridine rings is 2. The van der Waals surface area contributed by atoms with Crippen LogP contribution in [0.15, 0.2) is 89.9 Å². The van der Waals surface area contributed by atoms with Crippen molar-refractivity contribution in [3.63, 3.8) is 0 Å². The molecule has 8 heteroatoms. The summed E-state index contributed by atoms with van der Waals surface area (Å²) >= 11 is 0. The van der Waals surface area contributed by atoms with Crippen LogP contribution in [-0.4, -0.2) is 43.6 Å². The zero-order chi connectivity index (χ0) is 29.5. The third kappa shape index (κ3) is 6.37. The fraction of sp³-hybridized carbons (Fsp3) is 0.265. The molecule has 212 valence electrons. The van der Waals surface area contributed by atoms with E-state index in [1.807, 2.05) is 44.2 Å². The van der Waals surface area contributed by atoms with Crippen molar-refractivity contribution in [2.24, 2.45) is 7.05 Å². The van der Waals surface area contributed by atoms with Crippen LogP contribution in [0.2, 0.25) is 0 Å². The van der Waals surface area contributed by atoms with E-state index in [2.05, 4.69) is 62.6 Å². The van der Waals surface area contributed by atoms with E-state index in [9.17, 15) is 4.79 Å². The summed E-state index contributed by atoms with van der Waals surface area (Å²) in [6.07, 6.45) is 3.63. The van der Waals surface area contributed by atoms with Gasteiger partial charge in [-0.2, -0.15) is 5.26 Å². The lowest BCUT2D eigenvalue weighted by molar-refractivity contribution is 0.211. The minimum atomic E-state index is -0.0487. The third-order valence-corrected chi connectivity index (χ3v) is 7.52. The van der Waals surface area contributed by atoms with Gasteiger partial charge in [-0.05, 0) is 42.2 Å². The first kappa shape index (κ1) is 28.7. The number of nitriles is 1. The maximum atomic E-state index is 12.3. The molecule has 0 aliphatic carbocycles. The third-order valence-electron chi connectivity index (χ3n) is 7.52. The highest BCUT2D eigenvalue weighted by Crippen LogP contribution is 2.33. The van der Waals surface area contributed by atoms with Crippen LogP contribution in [0.3, 0.4) is 0 Å². The van der Waals surface area contributed by atoms with Crippen LogP contribution >= 0.6 is 0 Å². The molecule has 1 fully saturated rings. The number of nitrogens with one attached hydrogen (secondary N) is 1. The number of rotatable bonds is 6. The van der Waals surface area contributed by atoms with Crippen LogP contribution < -0.4 is 10.9 Å². The molecule has 0 spiro atoms. The SMILES string of the molecule is CC.Cn1c(=O)ccc2nc(-c3ccc(CN4CCC(Nc5ccnc(C#N)n5)CC4)cc3)c(-c3ccccc3)cc21. The topological polar surface area (TPSA) is 99.7 Å². The minimum absolute atomic E-state index is 0.0487. The fourth-order valence-electron chi connectivity index (χ4n) is 5.31. The average Bonchev–Trinajstić information content (AvgIpc) is 3.05. The molecule has 0 atom stereocenters. The standard InChI is InChI=1S/C32H29N7O.C2H6/c1-38-28-19-26(23-5-3-2-4-6-23)32(36-27(28)11-12-31(38)40)24-9-7-22(8-10-24)21-39-17-14-25(15-18-39)35-29-13-16-34-30(20-33)37-29;1-2/h2-13,16,19,25H,14-15,17-18,21H2,1H3,(H,34,35,37);1-2H3. The lowest BCUT2D eigenvalue weighted by Gasteiger charge is -2.32. The van der Waals surface area contributed by atoms with Gasteiger partial charge >= 0.3 is 0 Å². The highest BCUT2D eigenvalue weighted by atomic mass is 16.1. The number of piperidine rings is 1. The Morgan fingerprint density at radius 3 is 2.38 bits per heavy atom. The lowest BCUT2D eigenvalue weighted by Crippen LogP contribution is -2.38. The quantitative estimate of drug-likeness (QED) is 0.272. The summed E-state index contributed by atoms with van der Waals surface area (Å²) < 4.78 is 1.65. The number of nitrogens with zero attached hydrogens (tertiary/aromatic N) is 6. The van der Waals surface area contributed by atoms with Gasteiger partial charge in [-0.1, -0.05) is 68.4 Å². The van der Waals surface area contributed by atoms with Gasteiger partial charge in [0.05, 0.1) is 16.7 Å². The van der Waals surface area contributed by atoms with Crippen molar-refractivity contribution in [3.8, 4) is 28.5 Å². The predicted octanol–water partition coefficient (Wildman–Crippen LogP) is 6.03. The summed E-state index contributed by atoms with van der Waals surface area (Å²) in [5, 5.41) is 12.5. The Kier molecular flexibility index (Phi) is 9.00. The molecule has 0 saturated carbocycles. The van der Waals surface area contributed by atoms with Crippen LogP contribution in [0.5, 0.6) is 0 Å². The number of hydrogen-bond donors (Lipinski definition) is 1. The number of fused-ring (bicyclic) bond motifs is 1. The molecule has 6 rings (SSSR count). The van der Waals surface area contributed by atoms with Gasteiger partial charge in [0.25, 0.3) is 5.56 Å². The maximum Gasteiger partial charge on any atom is 0.250 e. The first-order chi connectivity index (χ1) is 20.6. The Morgan fingerprint density at radius 2 is 1.67 bits per heavy atom.